The highest BCUT2D eigenvalue weighted by atomic mass is 127. The predicted molar refractivity (Wildman–Crippen MR) is 146 cm³/mol. The zero-order valence-corrected chi connectivity index (χ0v) is 22.1. The van der Waals surface area contributed by atoms with Crippen LogP contribution in [-0.2, 0) is 19.6 Å². The van der Waals surface area contributed by atoms with Crippen molar-refractivity contribution in [3.05, 3.63) is 95.9 Å². The summed E-state index contributed by atoms with van der Waals surface area (Å²) in [7, 11) is 1.76. The van der Waals surface area contributed by atoms with Crippen LogP contribution >= 0.6 is 24.0 Å². The third-order valence-corrected chi connectivity index (χ3v) is 5.48. The van der Waals surface area contributed by atoms with Crippen molar-refractivity contribution in [2.45, 2.75) is 39.4 Å². The van der Waals surface area contributed by atoms with Crippen LogP contribution in [0, 0.1) is 0 Å². The van der Waals surface area contributed by atoms with Crippen molar-refractivity contribution in [3.8, 4) is 11.1 Å². The first-order valence-electron chi connectivity index (χ1n) is 11.2. The quantitative estimate of drug-likeness (QED) is 0.173. The van der Waals surface area contributed by atoms with Crippen LogP contribution in [-0.4, -0.2) is 27.7 Å². The second-order valence-corrected chi connectivity index (χ2v) is 8.24. The molecule has 0 aliphatic heterocycles. The number of benzene rings is 2. The van der Waals surface area contributed by atoms with E-state index >= 15 is 0 Å². The second-order valence-electron chi connectivity index (χ2n) is 8.24. The number of guanidine groups is 1. The Morgan fingerprint density at radius 2 is 1.82 bits per heavy atom. The molecular formula is C26H31IN6O. The Bertz CT molecular complexity index is 1180. The number of rotatable bonds is 8. The van der Waals surface area contributed by atoms with E-state index in [1.807, 2.05) is 18.6 Å². The molecular weight excluding hydrogens is 539 g/mol. The third kappa shape index (κ3) is 6.69. The van der Waals surface area contributed by atoms with Crippen LogP contribution in [0.3, 0.4) is 0 Å². The van der Waals surface area contributed by atoms with Crippen LogP contribution < -0.4 is 10.6 Å². The van der Waals surface area contributed by atoms with Crippen molar-refractivity contribution in [2.24, 2.45) is 4.99 Å². The predicted octanol–water partition coefficient (Wildman–Crippen LogP) is 5.19. The third-order valence-electron chi connectivity index (χ3n) is 5.48. The SMILES string of the molecule is CN=C(NCc1cc(C(C)C)no1)NCc1ccccc1-c1ccc(Cn2ccnc2)cc1.I. The van der Waals surface area contributed by atoms with Gasteiger partial charge in [0.05, 0.1) is 18.6 Å². The summed E-state index contributed by atoms with van der Waals surface area (Å²) in [5, 5.41) is 10.8. The Morgan fingerprint density at radius 1 is 1.06 bits per heavy atom. The molecule has 7 nitrogen and oxygen atoms in total. The molecule has 0 unspecified atom stereocenters. The van der Waals surface area contributed by atoms with Crippen molar-refractivity contribution in [2.75, 3.05) is 7.05 Å². The van der Waals surface area contributed by atoms with E-state index in [-0.39, 0.29) is 24.0 Å². The van der Waals surface area contributed by atoms with Crippen molar-refractivity contribution >= 4 is 29.9 Å². The number of halogens is 1. The highest BCUT2D eigenvalue weighted by Crippen LogP contribution is 2.24. The summed E-state index contributed by atoms with van der Waals surface area (Å²) in [4.78, 5) is 8.44. The molecule has 0 radical (unpaired) electrons. The van der Waals surface area contributed by atoms with Crippen LogP contribution in [0.2, 0.25) is 0 Å². The van der Waals surface area contributed by atoms with Gasteiger partial charge in [-0.1, -0.05) is 67.5 Å². The highest BCUT2D eigenvalue weighted by Gasteiger charge is 2.09. The van der Waals surface area contributed by atoms with Crippen LogP contribution in [0.25, 0.3) is 11.1 Å². The van der Waals surface area contributed by atoms with Crippen LogP contribution in [0.5, 0.6) is 0 Å². The number of aromatic nitrogens is 3. The molecule has 0 fully saturated rings. The number of aliphatic imine (C=N–C) groups is 1. The number of nitrogens with zero attached hydrogens (tertiary/aromatic N) is 4. The fourth-order valence-electron chi connectivity index (χ4n) is 3.59. The minimum absolute atomic E-state index is 0. The maximum atomic E-state index is 5.40. The molecule has 2 aromatic heterocycles. The van der Waals surface area contributed by atoms with E-state index in [0.717, 1.165) is 18.0 Å². The average Bonchev–Trinajstić information content (AvgIpc) is 3.52. The van der Waals surface area contributed by atoms with Gasteiger partial charge in [0.15, 0.2) is 11.7 Å². The van der Waals surface area contributed by atoms with Gasteiger partial charge < -0.3 is 19.7 Å². The van der Waals surface area contributed by atoms with Crippen molar-refractivity contribution in [1.82, 2.24) is 25.3 Å². The minimum atomic E-state index is 0. The molecule has 8 heteroatoms. The molecule has 0 aliphatic rings. The largest absolute Gasteiger partial charge is 0.359 e. The van der Waals surface area contributed by atoms with Gasteiger partial charge in [-0.25, -0.2) is 4.98 Å². The molecule has 34 heavy (non-hydrogen) atoms. The minimum Gasteiger partial charge on any atom is -0.359 e. The van der Waals surface area contributed by atoms with Gasteiger partial charge in [-0.3, -0.25) is 4.99 Å². The summed E-state index contributed by atoms with van der Waals surface area (Å²) in [5.41, 5.74) is 5.79. The van der Waals surface area contributed by atoms with E-state index in [9.17, 15) is 0 Å². The Labute approximate surface area is 217 Å². The first-order valence-corrected chi connectivity index (χ1v) is 11.2. The molecule has 0 spiro atoms. The zero-order valence-electron chi connectivity index (χ0n) is 19.7. The fourth-order valence-corrected chi connectivity index (χ4v) is 3.59. The molecule has 0 saturated heterocycles. The molecule has 2 aromatic carbocycles. The Kier molecular flexibility index (Phi) is 9.26. The zero-order chi connectivity index (χ0) is 23.0. The summed E-state index contributed by atoms with van der Waals surface area (Å²) in [6.45, 7) is 6.19. The van der Waals surface area contributed by atoms with Gasteiger partial charge >= 0.3 is 0 Å². The van der Waals surface area contributed by atoms with Crippen LogP contribution in [0.4, 0.5) is 0 Å². The van der Waals surface area contributed by atoms with Gasteiger partial charge in [-0.2, -0.15) is 0 Å². The number of hydrogen-bond donors (Lipinski definition) is 2. The van der Waals surface area contributed by atoms with Crippen LogP contribution in [0.1, 0.15) is 42.3 Å². The lowest BCUT2D eigenvalue weighted by molar-refractivity contribution is 0.372. The summed E-state index contributed by atoms with van der Waals surface area (Å²) >= 11 is 0. The molecule has 2 N–H and O–H groups in total. The standard InChI is InChI=1S/C26H30N6O.HI/c1-19(2)25-14-23(33-31-25)16-30-26(27-3)29-15-22-6-4-5-7-24(22)21-10-8-20(9-11-21)17-32-13-12-28-18-32;/h4-14,18-19H,15-17H2,1-3H3,(H2,27,29,30);1H. The molecule has 4 rings (SSSR count). The van der Waals surface area contributed by atoms with Gasteiger partial charge in [0.25, 0.3) is 0 Å². The number of nitrogens with one attached hydrogen (secondary N) is 2. The van der Waals surface area contributed by atoms with Crippen molar-refractivity contribution in [3.63, 3.8) is 0 Å². The Hall–Kier alpha value is -3.14. The normalized spacial score (nSPS) is 11.4. The first kappa shape index (κ1) is 25.5. The lowest BCUT2D eigenvalue weighted by Gasteiger charge is -2.14. The number of imidazole rings is 1. The van der Waals surface area contributed by atoms with E-state index in [0.29, 0.717) is 25.0 Å². The molecule has 0 amide bonds. The molecule has 0 atom stereocenters. The van der Waals surface area contributed by atoms with E-state index in [4.69, 9.17) is 4.52 Å². The topological polar surface area (TPSA) is 80.3 Å². The maximum absolute atomic E-state index is 5.40. The summed E-state index contributed by atoms with van der Waals surface area (Å²) in [6.07, 6.45) is 5.61. The van der Waals surface area contributed by atoms with E-state index in [1.165, 1.54) is 22.3 Å². The maximum Gasteiger partial charge on any atom is 0.191 e. The average molecular weight is 570 g/mol. The molecule has 0 aliphatic carbocycles. The van der Waals surface area contributed by atoms with Gasteiger partial charge in [-0.05, 0) is 28.2 Å². The Balaban J connectivity index is 0.00000324. The van der Waals surface area contributed by atoms with Crippen molar-refractivity contribution < 1.29 is 4.52 Å². The summed E-state index contributed by atoms with van der Waals surface area (Å²) in [5.74, 6) is 1.84. The first-order chi connectivity index (χ1) is 16.1. The Morgan fingerprint density at radius 3 is 2.50 bits per heavy atom. The monoisotopic (exact) mass is 570 g/mol. The lowest BCUT2D eigenvalue weighted by atomic mass is 9.98. The molecule has 2 heterocycles. The summed E-state index contributed by atoms with van der Waals surface area (Å²) in [6, 6.07) is 19.1. The summed E-state index contributed by atoms with van der Waals surface area (Å²) < 4.78 is 7.47. The van der Waals surface area contributed by atoms with E-state index in [2.05, 4.69) is 92.7 Å². The molecule has 178 valence electrons. The molecule has 0 bridgehead atoms. The van der Waals surface area contributed by atoms with Crippen LogP contribution in [0.15, 0.2) is 82.8 Å². The van der Waals surface area contributed by atoms with Gasteiger partial charge in [0.2, 0.25) is 0 Å². The highest BCUT2D eigenvalue weighted by molar-refractivity contribution is 14.0. The van der Waals surface area contributed by atoms with Gasteiger partial charge in [0, 0.05) is 38.6 Å². The van der Waals surface area contributed by atoms with E-state index in [1.54, 1.807) is 13.2 Å². The smallest absolute Gasteiger partial charge is 0.191 e. The second kappa shape index (κ2) is 12.4. The number of hydrogen-bond acceptors (Lipinski definition) is 4. The lowest BCUT2D eigenvalue weighted by Crippen LogP contribution is -2.36. The van der Waals surface area contributed by atoms with Crippen molar-refractivity contribution in [1.29, 1.82) is 0 Å². The van der Waals surface area contributed by atoms with Gasteiger partial charge in [0.1, 0.15) is 0 Å². The molecule has 4 aromatic rings. The molecule has 0 saturated carbocycles. The fraction of sp³-hybridized carbons (Fsp3) is 0.269. The van der Waals surface area contributed by atoms with E-state index < -0.39 is 0 Å². The van der Waals surface area contributed by atoms with Gasteiger partial charge in [-0.15, -0.1) is 24.0 Å².